The average molecular weight is 1390 g/mol. The minimum Gasteiger partial charge on any atom is -0.508 e. The fourth-order valence-electron chi connectivity index (χ4n) is 12.6. The zero-order valence-corrected chi connectivity index (χ0v) is 59.0. The summed E-state index contributed by atoms with van der Waals surface area (Å²) in [6, 6.07) is 74.4. The SMILES string of the molecule is CC.CC.CC1(C)O[C@H](CO)[C@@H](O)[C@H](O)[C@H]1O.CC[C@H]1OC(C)(C)[C@H](O)[C@@H](O)[C@@H]1O.Oc1ccc(C(c2ccc(O)cc2)c2ccc(C(c3ccc(O)cc3)c3ccc(O)cc3)cc2)cc1.Oc1ccc(C(c2ccc(O)cc2)c2ccc(C(c3ccc(O)cc3)c3ccc(O)cc3)cc2)cc1. The van der Waals surface area contributed by atoms with Crippen LogP contribution in [0.4, 0.5) is 0 Å². The Morgan fingerprint density at radius 2 is 0.392 bits per heavy atom. The molecule has 8 atom stereocenters. The van der Waals surface area contributed by atoms with E-state index in [1.54, 1.807) is 125 Å². The van der Waals surface area contributed by atoms with Gasteiger partial charge >= 0.3 is 0 Å². The Morgan fingerprint density at radius 3 is 0.539 bits per heavy atom. The molecule has 2 fully saturated rings. The molecular formula is C85H98O17. The maximum Gasteiger partial charge on any atom is 0.115 e. The number of phenolic OH excluding ortho intramolecular Hbond substituents is 8. The van der Waals surface area contributed by atoms with Crippen molar-refractivity contribution in [2.45, 2.75) is 152 Å². The molecule has 540 valence electrons. The molecule has 102 heavy (non-hydrogen) atoms. The summed E-state index contributed by atoms with van der Waals surface area (Å²) < 4.78 is 10.7. The van der Waals surface area contributed by atoms with Gasteiger partial charge in [0.05, 0.1) is 23.9 Å². The van der Waals surface area contributed by atoms with Gasteiger partial charge in [0.25, 0.3) is 0 Å². The van der Waals surface area contributed by atoms with Gasteiger partial charge in [-0.1, -0.05) is 180 Å². The highest BCUT2D eigenvalue weighted by molar-refractivity contribution is 5.53. The Bertz CT molecular complexity index is 3390. The normalized spacial score (nSPS) is 19.4. The van der Waals surface area contributed by atoms with Crippen LogP contribution in [0.15, 0.2) is 243 Å². The van der Waals surface area contributed by atoms with Gasteiger partial charge in [-0.2, -0.15) is 0 Å². The van der Waals surface area contributed by atoms with E-state index in [4.69, 9.17) is 14.6 Å². The van der Waals surface area contributed by atoms with Crippen LogP contribution in [-0.2, 0) is 9.47 Å². The Labute approximate surface area is 597 Å². The maximum absolute atomic E-state index is 9.80. The molecule has 0 aromatic heterocycles. The van der Waals surface area contributed by atoms with Gasteiger partial charge in [-0.15, -0.1) is 0 Å². The molecule has 0 amide bonds. The number of benzene rings is 10. The number of hydrogen-bond acceptors (Lipinski definition) is 17. The van der Waals surface area contributed by atoms with Gasteiger partial charge in [0.2, 0.25) is 0 Å². The summed E-state index contributed by atoms with van der Waals surface area (Å²) in [6.07, 6.45) is -7.43. The summed E-state index contributed by atoms with van der Waals surface area (Å²) in [6.45, 7) is 16.1. The smallest absolute Gasteiger partial charge is 0.115 e. The summed E-state index contributed by atoms with van der Waals surface area (Å²) in [4.78, 5) is 0. The van der Waals surface area contributed by atoms with Crippen LogP contribution < -0.4 is 0 Å². The lowest BCUT2D eigenvalue weighted by Gasteiger charge is -2.45. The van der Waals surface area contributed by atoms with E-state index in [1.165, 1.54) is 0 Å². The van der Waals surface area contributed by atoms with Crippen molar-refractivity contribution >= 4 is 0 Å². The van der Waals surface area contributed by atoms with E-state index in [-0.39, 0.29) is 76.3 Å². The predicted octanol–water partition coefficient (Wildman–Crippen LogP) is 13.7. The number of ether oxygens (including phenoxy) is 2. The number of aliphatic hydroxyl groups excluding tert-OH is 7. The van der Waals surface area contributed by atoms with Gasteiger partial charge in [0.1, 0.15) is 88.7 Å². The zero-order valence-electron chi connectivity index (χ0n) is 59.0. The molecule has 0 spiro atoms. The fraction of sp³-hybridized carbons (Fsp3) is 0.294. The molecule has 2 saturated heterocycles. The van der Waals surface area contributed by atoms with Crippen molar-refractivity contribution in [1.29, 1.82) is 0 Å². The van der Waals surface area contributed by atoms with E-state index in [0.717, 1.165) is 66.8 Å². The number of rotatable bonds is 14. The molecule has 10 aromatic rings. The van der Waals surface area contributed by atoms with Crippen LogP contribution in [-0.4, -0.2) is 143 Å². The molecule has 2 aliphatic heterocycles. The van der Waals surface area contributed by atoms with Crippen molar-refractivity contribution < 1.29 is 86.1 Å². The summed E-state index contributed by atoms with van der Waals surface area (Å²) in [5.74, 6) is 1.37. The first-order chi connectivity index (χ1) is 48.7. The van der Waals surface area contributed by atoms with E-state index in [1.807, 2.05) is 132 Å². The Kier molecular flexibility index (Phi) is 28.6. The number of aliphatic hydroxyl groups is 7. The second-order valence-corrected chi connectivity index (χ2v) is 25.8. The highest BCUT2D eigenvalue weighted by Crippen LogP contribution is 2.41. The van der Waals surface area contributed by atoms with E-state index in [9.17, 15) is 71.5 Å². The number of phenols is 8. The van der Waals surface area contributed by atoms with E-state index in [2.05, 4.69) is 48.5 Å². The molecule has 2 aliphatic rings. The van der Waals surface area contributed by atoms with Crippen LogP contribution in [0.1, 0.15) is 159 Å². The molecule has 12 rings (SSSR count). The molecule has 10 aromatic carbocycles. The zero-order chi connectivity index (χ0) is 74.6. The standard InChI is InChI=1S/2C32H26O4.C9H18O4.C8H16O5.2C2H6/c2*33-27-13-5-23(6-14-27)31(24-7-15-28(34)16-8-24)21-1-2-22(4-3-21)32(25-9-17-29(35)18-10-25)26-11-19-30(36)20-12-26;1-4-5-6(10)7(11)8(12)9(2,3)13-5;1-8(2)7(12)6(11)5(10)4(3-9)13-8;2*1-2/h2*1-20,31-36H;5-8,10-12H,4H2,1-3H3;4-7,9-12H,3H2,1-2H3;2*1-2H3/t;;5-,6-,7+,8-;4-,5-,6+,7-;;/m..11../s1. The van der Waals surface area contributed by atoms with Crippen molar-refractivity contribution in [3.63, 3.8) is 0 Å². The van der Waals surface area contributed by atoms with Gasteiger partial charge in [0.15, 0.2) is 0 Å². The van der Waals surface area contributed by atoms with Gasteiger partial charge in [0, 0.05) is 23.7 Å². The highest BCUT2D eigenvalue weighted by Gasteiger charge is 2.48. The van der Waals surface area contributed by atoms with E-state index < -0.39 is 60.0 Å². The number of aromatic hydroxyl groups is 8. The van der Waals surface area contributed by atoms with Gasteiger partial charge in [-0.3, -0.25) is 0 Å². The van der Waals surface area contributed by atoms with Gasteiger partial charge < -0.3 is 86.1 Å². The maximum atomic E-state index is 9.80. The number of hydrogen-bond donors (Lipinski definition) is 15. The van der Waals surface area contributed by atoms with E-state index in [0.29, 0.717) is 6.42 Å². The molecule has 17 heteroatoms. The van der Waals surface area contributed by atoms with Crippen molar-refractivity contribution in [2.75, 3.05) is 6.61 Å². The van der Waals surface area contributed by atoms with Crippen LogP contribution in [0.5, 0.6) is 46.0 Å². The van der Waals surface area contributed by atoms with Crippen LogP contribution in [0.2, 0.25) is 0 Å². The third-order valence-corrected chi connectivity index (χ3v) is 18.0. The first-order valence-electron chi connectivity index (χ1n) is 34.3. The second kappa shape index (κ2) is 36.7. The topological polar surface area (TPSA) is 322 Å². The molecule has 17 nitrogen and oxygen atoms in total. The summed E-state index contributed by atoms with van der Waals surface area (Å²) in [5, 5.41) is 144. The van der Waals surface area contributed by atoms with Crippen molar-refractivity contribution in [1.82, 2.24) is 0 Å². The molecule has 0 radical (unpaired) electrons. The molecule has 0 bridgehead atoms. The molecular weight excluding hydrogens is 1290 g/mol. The van der Waals surface area contributed by atoms with Crippen molar-refractivity contribution in [3.05, 3.63) is 309 Å². The van der Waals surface area contributed by atoms with Gasteiger partial charge in [-0.25, -0.2) is 0 Å². The predicted molar refractivity (Wildman–Crippen MR) is 396 cm³/mol. The molecule has 15 N–H and O–H groups in total. The van der Waals surface area contributed by atoms with Crippen LogP contribution in [0, 0.1) is 0 Å². The van der Waals surface area contributed by atoms with Crippen LogP contribution in [0.3, 0.4) is 0 Å². The van der Waals surface area contributed by atoms with E-state index >= 15 is 0 Å². The van der Waals surface area contributed by atoms with Crippen LogP contribution in [0.25, 0.3) is 0 Å². The van der Waals surface area contributed by atoms with Gasteiger partial charge in [-0.05, 0) is 198 Å². The largest absolute Gasteiger partial charge is 0.508 e. The average Bonchev–Trinajstić information content (AvgIpc) is 0.809. The Morgan fingerprint density at radius 1 is 0.255 bits per heavy atom. The lowest BCUT2D eigenvalue weighted by Crippen LogP contribution is -2.62. The molecule has 2 heterocycles. The third kappa shape index (κ3) is 20.3. The Hall–Kier alpha value is -9.76. The van der Waals surface area contributed by atoms with Crippen LogP contribution >= 0.6 is 0 Å². The van der Waals surface area contributed by atoms with Crippen molar-refractivity contribution in [3.8, 4) is 46.0 Å². The molecule has 0 unspecified atom stereocenters. The molecule has 0 saturated carbocycles. The highest BCUT2D eigenvalue weighted by atomic mass is 16.6. The third-order valence-electron chi connectivity index (χ3n) is 18.0. The molecule has 0 aliphatic carbocycles. The summed E-state index contributed by atoms with van der Waals surface area (Å²) >= 11 is 0. The fourth-order valence-corrected chi connectivity index (χ4v) is 12.6. The Balaban J connectivity index is 0.000000206. The lowest BCUT2D eigenvalue weighted by atomic mass is 9.81. The summed E-state index contributed by atoms with van der Waals surface area (Å²) in [7, 11) is 0. The monoisotopic (exact) mass is 1390 g/mol. The first-order valence-corrected chi connectivity index (χ1v) is 34.3. The minimum atomic E-state index is -1.28. The minimum absolute atomic E-state index is 0.0824. The summed E-state index contributed by atoms with van der Waals surface area (Å²) in [5.41, 5.74) is 10.8. The first kappa shape index (κ1) is 79.6. The van der Waals surface area contributed by atoms with Crippen molar-refractivity contribution in [2.24, 2.45) is 0 Å². The quantitative estimate of drug-likeness (QED) is 0.0450. The lowest BCUT2D eigenvalue weighted by molar-refractivity contribution is -0.262. The second-order valence-electron chi connectivity index (χ2n) is 25.8.